The summed E-state index contributed by atoms with van der Waals surface area (Å²) in [7, 11) is 0. The maximum Gasteiger partial charge on any atom is 0.257 e. The lowest BCUT2D eigenvalue weighted by atomic mass is 10.2. The molecule has 1 N–H and O–H groups in total. The Morgan fingerprint density at radius 1 is 1.20 bits per heavy atom. The van der Waals surface area contributed by atoms with Gasteiger partial charge in [-0.3, -0.25) is 4.79 Å². The Hall–Kier alpha value is -1.11. The first kappa shape index (κ1) is 15.3. The van der Waals surface area contributed by atoms with E-state index in [1.807, 2.05) is 0 Å². The number of benzene rings is 2. The molecule has 20 heavy (non-hydrogen) atoms. The SMILES string of the molecule is O=C(Nc1cc(Br)c(F)cc1F)c1cc(S)ccc1Cl. The monoisotopic (exact) mass is 377 g/mol. The van der Waals surface area contributed by atoms with E-state index in [2.05, 4.69) is 33.9 Å². The Morgan fingerprint density at radius 2 is 1.90 bits per heavy atom. The van der Waals surface area contributed by atoms with Crippen LogP contribution in [0.4, 0.5) is 14.5 Å². The van der Waals surface area contributed by atoms with Crippen molar-refractivity contribution < 1.29 is 13.6 Å². The van der Waals surface area contributed by atoms with Crippen molar-refractivity contribution in [2.75, 3.05) is 5.32 Å². The maximum atomic E-state index is 13.6. The van der Waals surface area contributed by atoms with Crippen molar-refractivity contribution in [1.29, 1.82) is 0 Å². The van der Waals surface area contributed by atoms with E-state index in [0.29, 0.717) is 11.0 Å². The van der Waals surface area contributed by atoms with Gasteiger partial charge in [0, 0.05) is 11.0 Å². The van der Waals surface area contributed by atoms with Crippen molar-refractivity contribution in [3.05, 3.63) is 57.0 Å². The first-order valence-electron chi connectivity index (χ1n) is 5.33. The second-order valence-electron chi connectivity index (χ2n) is 3.86. The number of nitrogens with one attached hydrogen (secondary N) is 1. The van der Waals surface area contributed by atoms with E-state index in [4.69, 9.17) is 11.6 Å². The lowest BCUT2D eigenvalue weighted by Gasteiger charge is -2.09. The van der Waals surface area contributed by atoms with Crippen LogP contribution >= 0.6 is 40.2 Å². The van der Waals surface area contributed by atoms with Gasteiger partial charge in [-0.15, -0.1) is 12.6 Å². The van der Waals surface area contributed by atoms with Crippen LogP contribution in [0.1, 0.15) is 10.4 Å². The molecule has 0 radical (unpaired) electrons. The predicted molar refractivity (Wildman–Crippen MR) is 80.7 cm³/mol. The van der Waals surface area contributed by atoms with Crippen LogP contribution in [-0.2, 0) is 0 Å². The number of carbonyl (C=O) groups excluding carboxylic acids is 1. The van der Waals surface area contributed by atoms with E-state index in [1.54, 1.807) is 6.07 Å². The quantitative estimate of drug-likeness (QED) is 0.563. The van der Waals surface area contributed by atoms with Crippen LogP contribution in [0.15, 0.2) is 39.7 Å². The summed E-state index contributed by atoms with van der Waals surface area (Å²) in [6, 6.07) is 6.40. The molecular formula is C13H7BrClF2NOS. The predicted octanol–water partition coefficient (Wildman–Crippen LogP) is 4.92. The van der Waals surface area contributed by atoms with Crippen molar-refractivity contribution in [3.63, 3.8) is 0 Å². The Morgan fingerprint density at radius 3 is 2.60 bits per heavy atom. The molecule has 104 valence electrons. The Balaban J connectivity index is 2.32. The van der Waals surface area contributed by atoms with Gasteiger partial charge in [0.05, 0.1) is 20.7 Å². The summed E-state index contributed by atoms with van der Waals surface area (Å²) in [4.78, 5) is 12.6. The van der Waals surface area contributed by atoms with E-state index in [9.17, 15) is 13.6 Å². The third-order valence-electron chi connectivity index (χ3n) is 2.45. The van der Waals surface area contributed by atoms with Gasteiger partial charge in [0.1, 0.15) is 11.6 Å². The average molecular weight is 379 g/mol. The number of anilines is 1. The molecule has 0 aliphatic heterocycles. The van der Waals surface area contributed by atoms with Gasteiger partial charge in [-0.1, -0.05) is 11.6 Å². The van der Waals surface area contributed by atoms with Crippen LogP contribution in [0, 0.1) is 11.6 Å². The van der Waals surface area contributed by atoms with Gasteiger partial charge >= 0.3 is 0 Å². The van der Waals surface area contributed by atoms with Gasteiger partial charge in [0.2, 0.25) is 0 Å². The van der Waals surface area contributed by atoms with Gasteiger partial charge in [-0.05, 0) is 40.2 Å². The molecule has 2 rings (SSSR count). The van der Waals surface area contributed by atoms with Gasteiger partial charge in [0.25, 0.3) is 5.91 Å². The zero-order chi connectivity index (χ0) is 14.9. The molecule has 0 aromatic heterocycles. The van der Waals surface area contributed by atoms with Gasteiger partial charge < -0.3 is 5.32 Å². The number of rotatable bonds is 2. The van der Waals surface area contributed by atoms with E-state index < -0.39 is 17.5 Å². The van der Waals surface area contributed by atoms with E-state index in [1.165, 1.54) is 12.1 Å². The summed E-state index contributed by atoms with van der Waals surface area (Å²) >= 11 is 12.9. The minimum Gasteiger partial charge on any atom is -0.319 e. The average Bonchev–Trinajstić information content (AvgIpc) is 2.38. The molecule has 2 nitrogen and oxygen atoms in total. The fourth-order valence-electron chi connectivity index (χ4n) is 1.50. The van der Waals surface area contributed by atoms with Crippen molar-refractivity contribution >= 4 is 51.8 Å². The van der Waals surface area contributed by atoms with Gasteiger partial charge in [0.15, 0.2) is 0 Å². The highest BCUT2D eigenvalue weighted by Gasteiger charge is 2.15. The molecule has 0 aliphatic carbocycles. The maximum absolute atomic E-state index is 13.6. The largest absolute Gasteiger partial charge is 0.319 e. The number of amides is 1. The smallest absolute Gasteiger partial charge is 0.257 e. The fraction of sp³-hybridized carbons (Fsp3) is 0. The third-order valence-corrected chi connectivity index (χ3v) is 3.67. The van der Waals surface area contributed by atoms with Crippen molar-refractivity contribution in [1.82, 2.24) is 0 Å². The second kappa shape index (κ2) is 6.11. The molecule has 0 unspecified atom stereocenters. The Bertz CT molecular complexity index is 696. The zero-order valence-electron chi connectivity index (χ0n) is 9.75. The van der Waals surface area contributed by atoms with E-state index in [0.717, 1.165) is 6.07 Å². The van der Waals surface area contributed by atoms with Crippen LogP contribution < -0.4 is 5.32 Å². The van der Waals surface area contributed by atoms with Crippen LogP contribution in [0.3, 0.4) is 0 Å². The molecular weight excluding hydrogens is 372 g/mol. The minimum atomic E-state index is -0.878. The highest BCUT2D eigenvalue weighted by molar-refractivity contribution is 9.10. The number of hydrogen-bond donors (Lipinski definition) is 2. The fourth-order valence-corrected chi connectivity index (χ4v) is 2.25. The summed E-state index contributed by atoms with van der Waals surface area (Å²) in [5.41, 5.74) is 0.00271. The summed E-state index contributed by atoms with van der Waals surface area (Å²) in [5, 5.41) is 2.54. The molecule has 0 heterocycles. The lowest BCUT2D eigenvalue weighted by Crippen LogP contribution is -2.14. The van der Waals surface area contributed by atoms with E-state index >= 15 is 0 Å². The second-order valence-corrected chi connectivity index (χ2v) is 5.64. The summed E-state index contributed by atoms with van der Waals surface area (Å²) in [6.45, 7) is 0. The number of hydrogen-bond acceptors (Lipinski definition) is 2. The molecule has 0 saturated carbocycles. The molecule has 2 aromatic carbocycles. The van der Waals surface area contributed by atoms with E-state index in [-0.39, 0.29) is 20.7 Å². The molecule has 0 saturated heterocycles. The number of halogens is 4. The molecule has 0 bridgehead atoms. The van der Waals surface area contributed by atoms with Gasteiger partial charge in [-0.2, -0.15) is 0 Å². The Labute approximate surface area is 132 Å². The van der Waals surface area contributed by atoms with Crippen molar-refractivity contribution in [3.8, 4) is 0 Å². The standard InChI is InChI=1S/C13H7BrClF2NOS/c14-8-4-12(11(17)5-10(8)16)18-13(19)7-3-6(20)1-2-9(7)15/h1-5,20H,(H,18,19). The lowest BCUT2D eigenvalue weighted by molar-refractivity contribution is 0.102. The molecule has 7 heteroatoms. The molecule has 0 aliphatic rings. The normalized spacial score (nSPS) is 10.4. The summed E-state index contributed by atoms with van der Waals surface area (Å²) < 4.78 is 26.7. The molecule has 0 spiro atoms. The minimum absolute atomic E-state index is 0.0447. The Kier molecular flexibility index (Phi) is 4.67. The van der Waals surface area contributed by atoms with Crippen molar-refractivity contribution in [2.45, 2.75) is 4.90 Å². The van der Waals surface area contributed by atoms with Gasteiger partial charge in [-0.25, -0.2) is 8.78 Å². The highest BCUT2D eigenvalue weighted by Crippen LogP contribution is 2.25. The summed E-state index contributed by atoms with van der Waals surface area (Å²) in [5.74, 6) is -2.24. The highest BCUT2D eigenvalue weighted by atomic mass is 79.9. The first-order chi connectivity index (χ1) is 9.38. The first-order valence-corrected chi connectivity index (χ1v) is 6.94. The zero-order valence-corrected chi connectivity index (χ0v) is 13.0. The van der Waals surface area contributed by atoms with Crippen LogP contribution in [0.25, 0.3) is 0 Å². The molecule has 0 fully saturated rings. The number of thiol groups is 1. The van der Waals surface area contributed by atoms with Crippen molar-refractivity contribution in [2.24, 2.45) is 0 Å². The molecule has 1 amide bonds. The third kappa shape index (κ3) is 3.31. The van der Waals surface area contributed by atoms with Crippen LogP contribution in [-0.4, -0.2) is 5.91 Å². The summed E-state index contributed by atoms with van der Waals surface area (Å²) in [6.07, 6.45) is 0. The molecule has 2 aromatic rings. The number of carbonyl (C=O) groups is 1. The van der Waals surface area contributed by atoms with Crippen LogP contribution in [0.2, 0.25) is 5.02 Å². The topological polar surface area (TPSA) is 29.1 Å². The molecule has 0 atom stereocenters. The van der Waals surface area contributed by atoms with Crippen LogP contribution in [0.5, 0.6) is 0 Å².